The summed E-state index contributed by atoms with van der Waals surface area (Å²) < 4.78 is 24.5. The number of nitrogens with zero attached hydrogens (tertiary/aromatic N) is 4. The van der Waals surface area contributed by atoms with Gasteiger partial charge in [-0.1, -0.05) is 242 Å². The topological polar surface area (TPSA) is 49.9 Å². The van der Waals surface area contributed by atoms with Crippen LogP contribution in [0.1, 0.15) is 98.6 Å². The van der Waals surface area contributed by atoms with Crippen molar-refractivity contribution < 1.29 is 103 Å². The number of rotatable bonds is 23. The van der Waals surface area contributed by atoms with Crippen LogP contribution in [0.25, 0.3) is 32.7 Å². The van der Waals surface area contributed by atoms with Crippen LogP contribution in [-0.2, 0) is 89.7 Å². The predicted octanol–water partition coefficient (Wildman–Crippen LogP) is 34.9. The first-order valence-corrected chi connectivity index (χ1v) is 44.1. The molecule has 1 fully saturated rings. The first-order chi connectivity index (χ1) is 62.4. The molecule has 130 heavy (non-hydrogen) atoms. The van der Waals surface area contributed by atoms with E-state index >= 15 is 0 Å². The van der Waals surface area contributed by atoms with Crippen LogP contribution in [0.15, 0.2) is 437 Å². The molecule has 0 unspecified atom stereocenters. The molecule has 1 aliphatic rings. The van der Waals surface area contributed by atoms with E-state index in [1.54, 1.807) is 0 Å². The van der Waals surface area contributed by atoms with Gasteiger partial charge in [0.25, 0.3) is 0 Å². The molecule has 1 aliphatic carbocycles. The maximum Gasteiger partial charge on any atom is 0.127 e. The second-order valence-corrected chi connectivity index (χ2v) is 29.1. The molecule has 18 aromatic rings. The van der Waals surface area contributed by atoms with Gasteiger partial charge in [0, 0.05) is 135 Å². The van der Waals surface area contributed by atoms with Gasteiger partial charge in [0.05, 0.1) is 0 Å². The molecule has 12 heteroatoms. The maximum atomic E-state index is 6.14. The quantitative estimate of drug-likeness (QED) is 0.0587. The second kappa shape index (κ2) is 51.1. The Morgan fingerprint density at radius 1 is 0.208 bits per heavy atom. The zero-order valence-corrected chi connectivity index (χ0v) is 86.4. The van der Waals surface area contributed by atoms with Gasteiger partial charge in [0.15, 0.2) is 0 Å². The molecule has 0 bridgehead atoms. The third kappa shape index (κ3) is 24.8. The second-order valence-electron chi connectivity index (χ2n) is 29.1. The Labute approximate surface area is 827 Å². The Balaban J connectivity index is 0.000000244. The van der Waals surface area contributed by atoms with E-state index in [0.717, 1.165) is 160 Å². The minimum absolute atomic E-state index is 0. The van der Waals surface area contributed by atoms with Gasteiger partial charge in [-0.2, -0.15) is 36.4 Å². The Morgan fingerprint density at radius 2 is 0.431 bits per heavy atom. The molecular weight excluding hydrogens is 2270 g/mol. The summed E-state index contributed by atoms with van der Waals surface area (Å²) in [5.74, 6) is 6.40. The van der Waals surface area contributed by atoms with Gasteiger partial charge in [0.1, 0.15) is 46.0 Å². The van der Waals surface area contributed by atoms with Crippen molar-refractivity contribution in [1.82, 2.24) is 0 Å². The number of ether oxygens (including phenoxy) is 4. The van der Waals surface area contributed by atoms with E-state index in [-0.39, 0.29) is 89.7 Å². The van der Waals surface area contributed by atoms with Crippen LogP contribution in [0, 0.1) is 24.3 Å². The number of anilines is 12. The number of fused-ring (bicyclic) bond motifs is 2. The van der Waals surface area contributed by atoms with E-state index in [9.17, 15) is 0 Å². The van der Waals surface area contributed by atoms with E-state index in [0.29, 0.717) is 0 Å². The van der Waals surface area contributed by atoms with E-state index in [1.807, 2.05) is 262 Å². The van der Waals surface area contributed by atoms with Crippen LogP contribution < -0.4 is 38.5 Å². The predicted molar refractivity (Wildman–Crippen MR) is 529 cm³/mol. The molecule has 0 aromatic heterocycles. The van der Waals surface area contributed by atoms with Crippen molar-refractivity contribution in [3.8, 4) is 57.1 Å². The number of benzene rings is 18. The normalized spacial score (nSPS) is 11.2. The van der Waals surface area contributed by atoms with E-state index < -0.39 is 0 Å². The molecule has 0 amide bonds. The summed E-state index contributed by atoms with van der Waals surface area (Å²) in [5.41, 5.74) is 17.6. The fraction of sp³-hybridized carbons (Fsp3) is 0.119. The first-order valence-electron chi connectivity index (χ1n) is 44.1. The van der Waals surface area contributed by atoms with Crippen molar-refractivity contribution in [2.45, 2.75) is 92.9 Å². The van der Waals surface area contributed by atoms with Crippen molar-refractivity contribution in [2.24, 2.45) is 0 Å². The summed E-state index contributed by atoms with van der Waals surface area (Å²) in [6.45, 7) is 16.0. The van der Waals surface area contributed by atoms with Gasteiger partial charge in [-0.15, -0.1) is 95.7 Å². The third-order valence-corrected chi connectivity index (χ3v) is 21.7. The van der Waals surface area contributed by atoms with Crippen molar-refractivity contribution in [2.75, 3.05) is 19.6 Å². The third-order valence-electron chi connectivity index (χ3n) is 21.7. The molecule has 0 N–H and O–H groups in total. The Hall–Kier alpha value is -12.4. The molecule has 8 nitrogen and oxygen atoms in total. The Morgan fingerprint density at radius 3 is 0.708 bits per heavy atom. The summed E-state index contributed by atoms with van der Waals surface area (Å²) in [6, 6.07) is 163. The van der Waals surface area contributed by atoms with Crippen molar-refractivity contribution in [3.05, 3.63) is 472 Å². The average Bonchev–Trinajstić information content (AvgIpc) is 0.777. The molecule has 0 radical (unpaired) electrons. The van der Waals surface area contributed by atoms with E-state index in [2.05, 4.69) is 274 Å². The fourth-order valence-electron chi connectivity index (χ4n) is 16.0. The molecule has 0 saturated heterocycles. The van der Waals surface area contributed by atoms with Crippen LogP contribution in [0.2, 0.25) is 0 Å². The van der Waals surface area contributed by atoms with Crippen LogP contribution >= 0.6 is 0 Å². The standard InChI is InChI=1S/C56H38N2O2.C54H44N2O2.4C2H6.4W/c1-3-17-49(18-4-1)59-51-37-33-47(34-38-51)57(55-23-11-15-43-13-7-9-21-53(43)55)45-29-25-41(26-30-45)42-27-31-46(32-28-42)58(56-24-12-16-44-14-8-10-22-54(44)56)48-35-39-52(40-36-48)60-50-19-5-2-6-20-50;1-6-16-44(17-7-1)55(48-32-36-52(37-33-48)57-50-20-10-3-11-21-50)46-28-24-42(25-29-46)54(40-14-5-15-41-54)43-26-30-47(31-27-43)56(45-18-8-2-9-19-45)49-34-38-53(39-35-49)58-51-22-12-4-13-23-51;4*1-2;;;;/h1-14,17-40H;3-4,6-13,16-39H,5,14-15,40-41H2;4*1-2H3;;;;/q2*-2;;;;;;;;. The van der Waals surface area contributed by atoms with Crippen LogP contribution in [-0.4, -0.2) is 0 Å². The van der Waals surface area contributed by atoms with Crippen molar-refractivity contribution in [1.29, 1.82) is 0 Å². The number of hydrogen-bond acceptors (Lipinski definition) is 8. The zero-order chi connectivity index (χ0) is 87.1. The molecule has 0 spiro atoms. The van der Waals surface area contributed by atoms with Crippen molar-refractivity contribution in [3.63, 3.8) is 0 Å². The van der Waals surface area contributed by atoms with Gasteiger partial charge in [-0.25, -0.2) is 0 Å². The van der Waals surface area contributed by atoms with Crippen LogP contribution in [0.4, 0.5) is 68.2 Å². The summed E-state index contributed by atoms with van der Waals surface area (Å²) in [5, 5.41) is 4.37. The van der Waals surface area contributed by atoms with Crippen LogP contribution in [0.3, 0.4) is 0 Å². The van der Waals surface area contributed by atoms with Gasteiger partial charge >= 0.3 is 0 Å². The fourth-order valence-corrected chi connectivity index (χ4v) is 16.0. The molecule has 18 aromatic carbocycles. The summed E-state index contributed by atoms with van der Waals surface area (Å²) in [6.07, 6.45) is 5.92. The largest absolute Gasteiger partial charge is 0.457 e. The van der Waals surface area contributed by atoms with E-state index in [4.69, 9.17) is 18.9 Å². The van der Waals surface area contributed by atoms with Gasteiger partial charge in [0.2, 0.25) is 0 Å². The van der Waals surface area contributed by atoms with Gasteiger partial charge in [-0.3, -0.25) is 0 Å². The minimum atomic E-state index is -0.0682. The zero-order valence-electron chi connectivity index (χ0n) is 74.7. The number of hydrogen-bond donors (Lipinski definition) is 0. The molecule has 0 atom stereocenters. The summed E-state index contributed by atoms with van der Waals surface area (Å²) in [7, 11) is 0. The average molecular weight is 2380 g/mol. The molecule has 0 aliphatic heterocycles. The summed E-state index contributed by atoms with van der Waals surface area (Å²) >= 11 is 0. The Bertz CT molecular complexity index is 5900. The maximum absolute atomic E-state index is 6.14. The first kappa shape index (κ1) is 99.8. The van der Waals surface area contributed by atoms with Crippen LogP contribution in [0.5, 0.6) is 46.0 Å². The van der Waals surface area contributed by atoms with E-state index in [1.165, 1.54) is 30.4 Å². The van der Waals surface area contributed by atoms with Crippen molar-refractivity contribution >= 4 is 89.8 Å². The summed E-state index contributed by atoms with van der Waals surface area (Å²) in [4.78, 5) is 9.18. The van der Waals surface area contributed by atoms with Gasteiger partial charge in [-0.05, 0) is 241 Å². The van der Waals surface area contributed by atoms with Gasteiger partial charge < -0.3 is 38.5 Å². The molecular formula is C118H106N4O4W4-4. The molecule has 650 valence electrons. The smallest absolute Gasteiger partial charge is 0.127 e. The monoisotopic (exact) mass is 2380 g/mol. The Kier molecular flexibility index (Phi) is 39.3. The SMILES string of the molecule is CC.CC.CC.CC.[W].[W].[W].[W].[c-]1ccc(N(c2ccc(Oc3ccccc3)cc2)c2ccc(-c3ccc(N(c4ccc(Oc5ccccc5)cc4)c4cc[c-]c5ccccc45)cc3)cc2)c2ccccc12.[c-]1ccc(N(c2ccc(Oc3ccccc3)cc2)c2ccc(C3(c4ccc(N(c5cc[c-]cc5)c5ccc(Oc6ccccc6)cc5)cc4)CCCCC3)cc2)cc1. The minimum Gasteiger partial charge on any atom is -0.457 e. The molecule has 0 heterocycles. The number of para-hydroxylation sites is 4. The molecule has 1 saturated carbocycles. The molecule has 19 rings (SSSR count).